The lowest BCUT2D eigenvalue weighted by Gasteiger charge is -2.08. The molecule has 0 aliphatic heterocycles. The van der Waals surface area contributed by atoms with Crippen molar-refractivity contribution < 1.29 is 19.0 Å². The lowest BCUT2D eigenvalue weighted by atomic mass is 10.1. The average molecular weight is 198 g/mol. The molecule has 0 heterocycles. The average Bonchev–Trinajstić information content (AvgIpc) is 1.83. The summed E-state index contributed by atoms with van der Waals surface area (Å²) < 4.78 is 14.0. The van der Waals surface area contributed by atoms with Crippen molar-refractivity contribution in [2.45, 2.75) is 20.3 Å². The number of phosphoric acid groups is 1. The molecule has 74 valence electrons. The molecule has 0 spiro atoms. The number of hydrogen-bond acceptors (Lipinski definition) is 4. The summed E-state index contributed by atoms with van der Waals surface area (Å²) in [7, 11) is -4.40. The number of hydrazine groups is 1. The highest BCUT2D eigenvalue weighted by molar-refractivity contribution is 7.46. The van der Waals surface area contributed by atoms with E-state index < -0.39 is 7.82 Å². The van der Waals surface area contributed by atoms with Gasteiger partial charge in [-0.05, 0) is 12.3 Å². The summed E-state index contributed by atoms with van der Waals surface area (Å²) in [6, 6.07) is 0. The largest absolute Gasteiger partial charge is 0.487 e. The molecular formula is C5H15N2O4P. The van der Waals surface area contributed by atoms with Crippen molar-refractivity contribution in [2.24, 2.45) is 5.92 Å². The van der Waals surface area contributed by atoms with Gasteiger partial charge in [0.15, 0.2) is 0 Å². The molecule has 0 amide bonds. The van der Waals surface area contributed by atoms with Crippen molar-refractivity contribution >= 4 is 7.82 Å². The van der Waals surface area contributed by atoms with Gasteiger partial charge in [0.2, 0.25) is 0 Å². The molecule has 0 aromatic carbocycles. The minimum absolute atomic E-state index is 0.536. The Balaban J connectivity index is 3.17. The van der Waals surface area contributed by atoms with Gasteiger partial charge in [-0.25, -0.2) is 9.99 Å². The Morgan fingerprint density at radius 2 is 2.08 bits per heavy atom. The van der Waals surface area contributed by atoms with Crippen LogP contribution in [0.3, 0.4) is 0 Å². The van der Waals surface area contributed by atoms with E-state index in [1.54, 1.807) is 0 Å². The highest BCUT2D eigenvalue weighted by atomic mass is 31.2. The molecular weight excluding hydrogens is 183 g/mol. The third-order valence-electron chi connectivity index (χ3n) is 1.08. The smallest absolute Gasteiger partial charge is 0.302 e. The first-order valence-corrected chi connectivity index (χ1v) is 5.17. The molecule has 0 aromatic heterocycles. The lowest BCUT2D eigenvalue weighted by molar-refractivity contribution is 0.0933. The highest BCUT2D eigenvalue weighted by Gasteiger charge is 2.12. The van der Waals surface area contributed by atoms with E-state index in [1.807, 2.05) is 19.4 Å². The van der Waals surface area contributed by atoms with Gasteiger partial charge in [0.25, 0.3) is 0 Å². The molecule has 12 heavy (non-hydrogen) atoms. The zero-order valence-electron chi connectivity index (χ0n) is 7.15. The van der Waals surface area contributed by atoms with Crippen LogP contribution >= 0.6 is 7.82 Å². The molecule has 0 atom stereocenters. The molecule has 0 saturated heterocycles. The van der Waals surface area contributed by atoms with Crippen LogP contribution in [0, 0.1) is 5.92 Å². The monoisotopic (exact) mass is 198 g/mol. The van der Waals surface area contributed by atoms with Crippen molar-refractivity contribution in [3.8, 4) is 0 Å². The zero-order valence-corrected chi connectivity index (χ0v) is 8.04. The fraction of sp³-hybridized carbons (Fsp3) is 1.00. The van der Waals surface area contributed by atoms with E-state index in [9.17, 15) is 4.57 Å². The van der Waals surface area contributed by atoms with E-state index in [2.05, 4.69) is 10.1 Å². The van der Waals surface area contributed by atoms with Gasteiger partial charge in [-0.15, -0.1) is 5.59 Å². The van der Waals surface area contributed by atoms with Crippen molar-refractivity contribution in [3.63, 3.8) is 0 Å². The van der Waals surface area contributed by atoms with Crippen LogP contribution in [0.2, 0.25) is 0 Å². The predicted molar refractivity (Wildman–Crippen MR) is 43.7 cm³/mol. The number of rotatable bonds is 6. The maximum Gasteiger partial charge on any atom is 0.487 e. The van der Waals surface area contributed by atoms with Gasteiger partial charge in [-0.1, -0.05) is 13.8 Å². The molecule has 0 aromatic rings. The second-order valence-corrected chi connectivity index (χ2v) is 3.96. The van der Waals surface area contributed by atoms with Gasteiger partial charge in [0, 0.05) is 6.54 Å². The molecule has 0 bridgehead atoms. The molecule has 0 saturated carbocycles. The number of hydrogen-bond donors (Lipinski definition) is 4. The second kappa shape index (κ2) is 5.64. The molecule has 7 heteroatoms. The maximum absolute atomic E-state index is 10.1. The molecule has 0 rings (SSSR count). The van der Waals surface area contributed by atoms with Gasteiger partial charge in [0.05, 0.1) is 0 Å². The summed E-state index contributed by atoms with van der Waals surface area (Å²) in [5.74, 6) is 0.536. The molecule has 6 nitrogen and oxygen atoms in total. The Hall–Kier alpha value is 0.0300. The summed E-state index contributed by atoms with van der Waals surface area (Å²) in [5, 5.41) is 0. The predicted octanol–water partition coefficient (Wildman–Crippen LogP) is 0.151. The van der Waals surface area contributed by atoms with Crippen LogP contribution in [0.1, 0.15) is 20.3 Å². The fourth-order valence-corrected chi connectivity index (χ4v) is 0.687. The van der Waals surface area contributed by atoms with Gasteiger partial charge >= 0.3 is 7.82 Å². The standard InChI is InChI=1S/C5H15N2O4P/c1-5(2)3-4-6-7-11-12(8,9)10/h5-7H,3-4H2,1-2H3,(H2,8,9,10). The third kappa shape index (κ3) is 10.0. The van der Waals surface area contributed by atoms with Crippen molar-refractivity contribution in [3.05, 3.63) is 0 Å². The molecule has 4 N–H and O–H groups in total. The van der Waals surface area contributed by atoms with E-state index in [1.165, 1.54) is 0 Å². The molecule has 0 fully saturated rings. The van der Waals surface area contributed by atoms with E-state index >= 15 is 0 Å². The van der Waals surface area contributed by atoms with Crippen LogP contribution < -0.4 is 11.0 Å². The molecule has 0 aliphatic rings. The summed E-state index contributed by atoms with van der Waals surface area (Å²) in [6.45, 7) is 4.69. The molecule has 0 aliphatic carbocycles. The van der Waals surface area contributed by atoms with Gasteiger partial charge in [-0.3, -0.25) is 0 Å². The topological polar surface area (TPSA) is 90.8 Å². The van der Waals surface area contributed by atoms with Gasteiger partial charge < -0.3 is 9.79 Å². The van der Waals surface area contributed by atoms with Gasteiger partial charge in [-0.2, -0.15) is 4.62 Å². The van der Waals surface area contributed by atoms with Crippen LogP contribution in [-0.4, -0.2) is 16.3 Å². The Morgan fingerprint density at radius 1 is 1.50 bits per heavy atom. The quantitative estimate of drug-likeness (QED) is 0.276. The summed E-state index contributed by atoms with van der Waals surface area (Å²) in [5.41, 5.74) is 4.48. The third-order valence-corrected chi connectivity index (χ3v) is 1.41. The first-order valence-electron chi connectivity index (χ1n) is 3.64. The van der Waals surface area contributed by atoms with Crippen LogP contribution in [0.5, 0.6) is 0 Å². The van der Waals surface area contributed by atoms with E-state index in [0.717, 1.165) is 6.42 Å². The normalized spacial score (nSPS) is 12.4. The summed E-state index contributed by atoms with van der Waals surface area (Å²) in [4.78, 5) is 16.4. The van der Waals surface area contributed by atoms with Crippen LogP contribution in [0.15, 0.2) is 0 Å². The first-order chi connectivity index (χ1) is 5.42. The minimum atomic E-state index is -4.40. The minimum Gasteiger partial charge on any atom is -0.302 e. The van der Waals surface area contributed by atoms with Crippen LogP contribution in [0.4, 0.5) is 0 Å². The zero-order chi connectivity index (χ0) is 9.61. The highest BCUT2D eigenvalue weighted by Crippen LogP contribution is 2.33. The SMILES string of the molecule is CC(C)CCNNOP(=O)(O)O. The van der Waals surface area contributed by atoms with Crippen molar-refractivity contribution in [2.75, 3.05) is 6.54 Å². The first kappa shape index (κ1) is 12.0. The van der Waals surface area contributed by atoms with Crippen LogP contribution in [-0.2, 0) is 9.19 Å². The summed E-state index contributed by atoms with van der Waals surface area (Å²) >= 11 is 0. The van der Waals surface area contributed by atoms with Crippen molar-refractivity contribution in [1.82, 2.24) is 11.0 Å². The second-order valence-electron chi connectivity index (χ2n) is 2.79. The Bertz CT molecular complexity index is 158. The van der Waals surface area contributed by atoms with Crippen molar-refractivity contribution in [1.29, 1.82) is 0 Å². The number of nitrogens with one attached hydrogen (secondary N) is 2. The molecule has 0 unspecified atom stereocenters. The summed E-state index contributed by atoms with van der Waals surface area (Å²) in [6.07, 6.45) is 0.900. The molecule has 0 radical (unpaired) electrons. The van der Waals surface area contributed by atoms with Gasteiger partial charge in [0.1, 0.15) is 0 Å². The van der Waals surface area contributed by atoms with E-state index in [0.29, 0.717) is 12.5 Å². The van der Waals surface area contributed by atoms with E-state index in [4.69, 9.17) is 9.79 Å². The Labute approximate surface area is 71.5 Å². The van der Waals surface area contributed by atoms with Crippen LogP contribution in [0.25, 0.3) is 0 Å². The maximum atomic E-state index is 10.1. The lowest BCUT2D eigenvalue weighted by Crippen LogP contribution is -2.32. The van der Waals surface area contributed by atoms with E-state index in [-0.39, 0.29) is 0 Å². The fourth-order valence-electron chi connectivity index (χ4n) is 0.504. The Kier molecular flexibility index (Phi) is 5.65. The Morgan fingerprint density at radius 3 is 2.50 bits per heavy atom.